The lowest BCUT2D eigenvalue weighted by Gasteiger charge is -2.31. The summed E-state index contributed by atoms with van der Waals surface area (Å²) in [5.41, 5.74) is 11.3. The number of nitrogens with two attached hydrogens (primary N) is 1. The Bertz CT molecular complexity index is 1820. The number of piperidine rings is 1. The van der Waals surface area contributed by atoms with E-state index < -0.39 is 11.8 Å². The topological polar surface area (TPSA) is 156 Å². The van der Waals surface area contributed by atoms with Gasteiger partial charge < -0.3 is 26.8 Å². The second kappa shape index (κ2) is 13.3. The first-order valence-electron chi connectivity index (χ1n) is 15.3. The Morgan fingerprint density at radius 2 is 2.02 bits per heavy atom. The second-order valence-corrected chi connectivity index (χ2v) is 12.0. The molecule has 0 radical (unpaired) electrons. The molecule has 5 atom stereocenters. The van der Waals surface area contributed by atoms with Crippen LogP contribution in [0.15, 0.2) is 65.9 Å². The summed E-state index contributed by atoms with van der Waals surface area (Å²) < 4.78 is 15.8. The normalized spacial score (nSPS) is 22.2. The Labute approximate surface area is 270 Å². The van der Waals surface area contributed by atoms with Crippen molar-refractivity contribution < 1.29 is 14.3 Å². The maximum Gasteiger partial charge on any atom is 0.319 e. The number of amidine groups is 1. The number of aromatic nitrogens is 2. The van der Waals surface area contributed by atoms with E-state index in [1.54, 1.807) is 22.8 Å². The predicted molar refractivity (Wildman–Crippen MR) is 177 cm³/mol. The molecule has 0 saturated carbocycles. The summed E-state index contributed by atoms with van der Waals surface area (Å²) in [4.78, 5) is 18.9. The molecule has 2 amide bonds. The maximum atomic E-state index is 14.0. The summed E-state index contributed by atoms with van der Waals surface area (Å²) in [6.45, 7) is 2.20. The molecule has 2 aromatic heterocycles. The van der Waals surface area contributed by atoms with Crippen molar-refractivity contribution in [3.8, 4) is 17.2 Å². The molecular formula is C33H35ClFN9O2. The van der Waals surface area contributed by atoms with Crippen molar-refractivity contribution in [3.05, 3.63) is 77.3 Å². The minimum absolute atomic E-state index is 0.117. The largest absolute Gasteiger partial charge is 0.395 e. The van der Waals surface area contributed by atoms with Crippen LogP contribution in [0.3, 0.4) is 0 Å². The maximum absolute atomic E-state index is 14.0. The number of halogens is 2. The molecule has 2 saturated heterocycles. The summed E-state index contributed by atoms with van der Waals surface area (Å²) in [7, 11) is 0. The third-order valence-electron chi connectivity index (χ3n) is 8.68. The third kappa shape index (κ3) is 6.48. The smallest absolute Gasteiger partial charge is 0.319 e. The zero-order valence-corrected chi connectivity index (χ0v) is 26.0. The van der Waals surface area contributed by atoms with Gasteiger partial charge in [0.1, 0.15) is 11.7 Å². The number of rotatable bonds is 10. The highest BCUT2D eigenvalue weighted by atomic mass is 35.5. The van der Waals surface area contributed by atoms with Gasteiger partial charge in [0.15, 0.2) is 0 Å². The van der Waals surface area contributed by atoms with Crippen molar-refractivity contribution in [2.24, 2.45) is 10.7 Å². The molecule has 5 unspecified atom stereocenters. The van der Waals surface area contributed by atoms with Crippen LogP contribution in [0.5, 0.6) is 0 Å². The molecule has 0 aliphatic carbocycles. The number of aliphatic imine (C=N–C) groups is 1. The van der Waals surface area contributed by atoms with Crippen molar-refractivity contribution in [1.29, 1.82) is 5.26 Å². The Balaban J connectivity index is 1.35. The first kappa shape index (κ1) is 31.3. The fraction of sp³-hybridized carbons (Fsp3) is 0.333. The summed E-state index contributed by atoms with van der Waals surface area (Å²) in [6, 6.07) is 16.4. The van der Waals surface area contributed by atoms with Gasteiger partial charge in [0.25, 0.3) is 0 Å². The Morgan fingerprint density at radius 1 is 1.22 bits per heavy atom. The fourth-order valence-electron chi connectivity index (χ4n) is 6.46. The molecule has 2 aliphatic heterocycles. The van der Waals surface area contributed by atoms with E-state index in [-0.39, 0.29) is 35.7 Å². The molecule has 238 valence electrons. The molecule has 0 bridgehead atoms. The predicted octanol–water partition coefficient (Wildman–Crippen LogP) is 5.26. The zero-order valence-electron chi connectivity index (χ0n) is 25.3. The number of carbonyl (C=O) groups excluding carboxylic acids is 1. The van der Waals surface area contributed by atoms with E-state index in [0.717, 1.165) is 41.6 Å². The number of nitriles is 1. The van der Waals surface area contributed by atoms with Gasteiger partial charge in [-0.15, -0.1) is 0 Å². The number of urea groups is 1. The number of amides is 2. The first-order chi connectivity index (χ1) is 22.3. The Morgan fingerprint density at radius 3 is 2.76 bits per heavy atom. The number of nitrogens with zero attached hydrogens (tertiary/aromatic N) is 5. The Hall–Kier alpha value is -4.70. The number of carbonyl (C=O) groups is 1. The van der Waals surface area contributed by atoms with Gasteiger partial charge in [-0.05, 0) is 55.2 Å². The van der Waals surface area contributed by atoms with Crippen LogP contribution in [0.2, 0.25) is 5.02 Å². The zero-order chi connectivity index (χ0) is 32.4. The van der Waals surface area contributed by atoms with Crippen molar-refractivity contribution in [3.63, 3.8) is 0 Å². The van der Waals surface area contributed by atoms with E-state index in [1.807, 2.05) is 24.4 Å². The van der Waals surface area contributed by atoms with E-state index in [9.17, 15) is 14.4 Å². The quantitative estimate of drug-likeness (QED) is 0.0896. The summed E-state index contributed by atoms with van der Waals surface area (Å²) >= 11 is 6.31. The van der Waals surface area contributed by atoms with Gasteiger partial charge in [-0.25, -0.2) is 18.7 Å². The molecule has 2 aliphatic rings. The van der Waals surface area contributed by atoms with Gasteiger partial charge in [-0.3, -0.25) is 4.90 Å². The molecule has 2 fully saturated rings. The molecule has 6 rings (SSSR count). The average molecular weight is 644 g/mol. The molecule has 0 spiro atoms. The van der Waals surface area contributed by atoms with Crippen LogP contribution in [0.25, 0.3) is 16.6 Å². The minimum Gasteiger partial charge on any atom is -0.395 e. The van der Waals surface area contributed by atoms with Crippen LogP contribution >= 0.6 is 11.6 Å². The van der Waals surface area contributed by atoms with Crippen LogP contribution in [-0.4, -0.2) is 68.8 Å². The molecule has 4 aromatic rings. The molecule has 6 N–H and O–H groups in total. The van der Waals surface area contributed by atoms with E-state index in [4.69, 9.17) is 22.4 Å². The molecule has 11 nitrogen and oxygen atoms in total. The minimum atomic E-state index is -0.472. The molecule has 46 heavy (non-hydrogen) atoms. The van der Waals surface area contributed by atoms with Gasteiger partial charge in [-0.2, -0.15) is 10.4 Å². The van der Waals surface area contributed by atoms with Crippen LogP contribution < -0.4 is 21.7 Å². The Kier molecular flexibility index (Phi) is 9.08. The summed E-state index contributed by atoms with van der Waals surface area (Å²) in [5, 5.41) is 32.2. The molecule has 4 heterocycles. The SMILES string of the molecule is CCC1CC(Nc2c(C(N)=Nc3cc(F)ccc3Cl)cnn3cc(-c4ccc(NC(=O)NCCO)cc4)cc23)CC2C(CC#N)N12. The molecule has 2 aromatic carbocycles. The number of anilines is 2. The van der Waals surface area contributed by atoms with E-state index >= 15 is 0 Å². The van der Waals surface area contributed by atoms with Crippen LogP contribution in [0.4, 0.5) is 26.2 Å². The van der Waals surface area contributed by atoms with Gasteiger partial charge in [-0.1, -0.05) is 30.7 Å². The van der Waals surface area contributed by atoms with Crippen LogP contribution in [0, 0.1) is 17.1 Å². The number of hydrogen-bond acceptors (Lipinski definition) is 7. The standard InChI is InChI=1S/C33H35ClFN9O2/c1-2-24-15-23(16-29-28(9-10-36)44(24)29)40-31-25(32(37)42-27-14-21(35)5-8-26(27)34)17-39-43-18-20(13-30(31)43)19-3-6-22(7-4-19)41-33(46)38-11-12-45/h3-8,13-14,17-18,23-24,28-29,40,45H,2,9,11-12,15-16H2,1H3,(H2,37,42)(H2,38,41,46). The monoisotopic (exact) mass is 643 g/mol. The highest BCUT2D eigenvalue weighted by molar-refractivity contribution is 6.33. The van der Waals surface area contributed by atoms with Crippen molar-refractivity contribution in [1.82, 2.24) is 19.8 Å². The lowest BCUT2D eigenvalue weighted by atomic mass is 9.96. The third-order valence-corrected chi connectivity index (χ3v) is 9.00. The molecular weight excluding hydrogens is 609 g/mol. The van der Waals surface area contributed by atoms with E-state index in [1.165, 1.54) is 18.2 Å². The van der Waals surface area contributed by atoms with Gasteiger partial charge >= 0.3 is 6.03 Å². The van der Waals surface area contributed by atoms with Crippen molar-refractivity contribution in [2.45, 2.75) is 56.8 Å². The lowest BCUT2D eigenvalue weighted by Crippen LogP contribution is -2.37. The van der Waals surface area contributed by atoms with E-state index in [2.05, 4.69) is 43.9 Å². The number of hydrogen-bond donors (Lipinski definition) is 5. The fourth-order valence-corrected chi connectivity index (χ4v) is 6.62. The first-order valence-corrected chi connectivity index (χ1v) is 15.7. The van der Waals surface area contributed by atoms with Crippen LogP contribution in [-0.2, 0) is 0 Å². The van der Waals surface area contributed by atoms with Crippen molar-refractivity contribution in [2.75, 3.05) is 23.8 Å². The number of benzene rings is 2. The summed E-state index contributed by atoms with van der Waals surface area (Å²) in [6.07, 6.45) is 6.86. The highest BCUT2D eigenvalue weighted by Gasteiger charge is 2.54. The summed E-state index contributed by atoms with van der Waals surface area (Å²) in [5.74, 6) is -0.333. The van der Waals surface area contributed by atoms with Gasteiger partial charge in [0, 0.05) is 54.2 Å². The van der Waals surface area contributed by atoms with E-state index in [0.29, 0.717) is 35.8 Å². The molecule has 13 heteroatoms. The lowest BCUT2D eigenvalue weighted by molar-refractivity contribution is 0.245. The van der Waals surface area contributed by atoms with Crippen molar-refractivity contribution >= 4 is 46.0 Å². The van der Waals surface area contributed by atoms with Crippen LogP contribution in [0.1, 0.15) is 38.2 Å². The highest BCUT2D eigenvalue weighted by Crippen LogP contribution is 2.44. The second-order valence-electron chi connectivity index (χ2n) is 11.6. The van der Waals surface area contributed by atoms with Gasteiger partial charge in [0.2, 0.25) is 0 Å². The van der Waals surface area contributed by atoms with Gasteiger partial charge in [0.05, 0.1) is 52.8 Å². The number of fused-ring (bicyclic) bond motifs is 2. The number of nitrogens with one attached hydrogen (secondary N) is 3. The number of aliphatic hydroxyl groups excluding tert-OH is 1. The number of aliphatic hydroxyl groups is 1. The average Bonchev–Trinajstić information content (AvgIpc) is 3.55.